The van der Waals surface area contributed by atoms with E-state index in [1.165, 1.54) is 32.1 Å². The van der Waals surface area contributed by atoms with Gasteiger partial charge in [-0.1, -0.05) is 32.6 Å². The second kappa shape index (κ2) is 6.55. The molecule has 1 aliphatic heterocycles. The van der Waals surface area contributed by atoms with Gasteiger partial charge in [-0.05, 0) is 44.7 Å². The van der Waals surface area contributed by atoms with E-state index in [0.29, 0.717) is 0 Å². The molecule has 0 bridgehead atoms. The molecule has 1 saturated carbocycles. The summed E-state index contributed by atoms with van der Waals surface area (Å²) in [5.41, 5.74) is -0.126. The SMILES string of the molecule is CC1(C(=O)NCCCC2CCCC2)CCNCC1. The zero-order valence-corrected chi connectivity index (χ0v) is 11.8. The van der Waals surface area contributed by atoms with Crippen molar-refractivity contribution in [2.75, 3.05) is 19.6 Å². The Morgan fingerprint density at radius 3 is 2.61 bits per heavy atom. The van der Waals surface area contributed by atoms with Crippen LogP contribution < -0.4 is 10.6 Å². The van der Waals surface area contributed by atoms with Gasteiger partial charge < -0.3 is 10.6 Å². The van der Waals surface area contributed by atoms with Crippen molar-refractivity contribution in [3.63, 3.8) is 0 Å². The highest BCUT2D eigenvalue weighted by molar-refractivity contribution is 5.82. The van der Waals surface area contributed by atoms with E-state index >= 15 is 0 Å². The van der Waals surface area contributed by atoms with Gasteiger partial charge in [0.25, 0.3) is 0 Å². The molecule has 0 aromatic rings. The Bertz CT molecular complexity index is 266. The molecule has 0 unspecified atom stereocenters. The number of nitrogens with one attached hydrogen (secondary N) is 2. The van der Waals surface area contributed by atoms with E-state index in [4.69, 9.17) is 0 Å². The second-order valence-electron chi connectivity index (χ2n) is 6.36. The first-order chi connectivity index (χ1) is 8.71. The fourth-order valence-electron chi connectivity index (χ4n) is 3.31. The second-order valence-corrected chi connectivity index (χ2v) is 6.36. The third kappa shape index (κ3) is 3.71. The molecule has 0 radical (unpaired) electrons. The Balaban J connectivity index is 1.61. The van der Waals surface area contributed by atoms with Crippen LogP contribution in [0, 0.1) is 11.3 Å². The van der Waals surface area contributed by atoms with Gasteiger partial charge in [0.1, 0.15) is 0 Å². The van der Waals surface area contributed by atoms with Crippen molar-refractivity contribution in [1.29, 1.82) is 0 Å². The molecule has 0 aromatic carbocycles. The predicted octanol–water partition coefficient (Wildman–Crippen LogP) is 2.46. The van der Waals surface area contributed by atoms with Crippen molar-refractivity contribution in [3.05, 3.63) is 0 Å². The lowest BCUT2D eigenvalue weighted by molar-refractivity contribution is -0.131. The van der Waals surface area contributed by atoms with Gasteiger partial charge in [-0.2, -0.15) is 0 Å². The van der Waals surface area contributed by atoms with Crippen molar-refractivity contribution in [2.24, 2.45) is 11.3 Å². The van der Waals surface area contributed by atoms with Gasteiger partial charge in [0, 0.05) is 12.0 Å². The quantitative estimate of drug-likeness (QED) is 0.738. The highest BCUT2D eigenvalue weighted by atomic mass is 16.2. The summed E-state index contributed by atoms with van der Waals surface area (Å²) in [7, 11) is 0. The van der Waals surface area contributed by atoms with Crippen molar-refractivity contribution in [1.82, 2.24) is 10.6 Å². The minimum Gasteiger partial charge on any atom is -0.356 e. The van der Waals surface area contributed by atoms with Crippen molar-refractivity contribution < 1.29 is 4.79 Å². The molecule has 1 heterocycles. The highest BCUT2D eigenvalue weighted by Crippen LogP contribution is 2.29. The maximum atomic E-state index is 12.2. The van der Waals surface area contributed by atoms with Gasteiger partial charge in [0.05, 0.1) is 0 Å². The van der Waals surface area contributed by atoms with Gasteiger partial charge in [-0.25, -0.2) is 0 Å². The van der Waals surface area contributed by atoms with Crippen LogP contribution in [0.2, 0.25) is 0 Å². The van der Waals surface area contributed by atoms with Crippen LogP contribution in [0.15, 0.2) is 0 Å². The van der Waals surface area contributed by atoms with Crippen LogP contribution in [0.3, 0.4) is 0 Å². The molecule has 0 aromatic heterocycles. The summed E-state index contributed by atoms with van der Waals surface area (Å²) in [5.74, 6) is 1.21. The number of hydrogen-bond donors (Lipinski definition) is 2. The normalized spacial score (nSPS) is 24.1. The Morgan fingerprint density at radius 2 is 1.94 bits per heavy atom. The topological polar surface area (TPSA) is 41.1 Å². The molecule has 1 saturated heterocycles. The molecule has 0 atom stereocenters. The zero-order chi connectivity index (χ0) is 12.8. The lowest BCUT2D eigenvalue weighted by Gasteiger charge is -2.32. The van der Waals surface area contributed by atoms with Gasteiger partial charge in [-0.3, -0.25) is 4.79 Å². The van der Waals surface area contributed by atoms with Gasteiger partial charge in [-0.15, -0.1) is 0 Å². The van der Waals surface area contributed by atoms with Crippen LogP contribution >= 0.6 is 0 Å². The lowest BCUT2D eigenvalue weighted by atomic mass is 9.80. The third-order valence-corrected chi connectivity index (χ3v) is 4.80. The number of hydrogen-bond acceptors (Lipinski definition) is 2. The van der Waals surface area contributed by atoms with Crippen LogP contribution in [-0.2, 0) is 4.79 Å². The van der Waals surface area contributed by atoms with E-state index < -0.39 is 0 Å². The standard InChI is InChI=1S/C15H28N2O/c1-15(8-11-16-12-9-15)14(18)17-10-4-7-13-5-2-3-6-13/h13,16H,2-12H2,1H3,(H,17,18). The molecule has 3 nitrogen and oxygen atoms in total. The average molecular weight is 252 g/mol. The average Bonchev–Trinajstić information content (AvgIpc) is 2.88. The summed E-state index contributed by atoms with van der Waals surface area (Å²) in [4.78, 5) is 12.2. The maximum Gasteiger partial charge on any atom is 0.226 e. The third-order valence-electron chi connectivity index (χ3n) is 4.80. The molecule has 18 heavy (non-hydrogen) atoms. The van der Waals surface area contributed by atoms with Crippen LogP contribution in [0.25, 0.3) is 0 Å². The van der Waals surface area contributed by atoms with Gasteiger partial charge >= 0.3 is 0 Å². The molecule has 3 heteroatoms. The molecular weight excluding hydrogens is 224 g/mol. The number of piperidine rings is 1. The van der Waals surface area contributed by atoms with Crippen molar-refractivity contribution >= 4 is 5.91 Å². The first-order valence-corrected chi connectivity index (χ1v) is 7.70. The van der Waals surface area contributed by atoms with Crippen LogP contribution in [0.1, 0.15) is 58.3 Å². The van der Waals surface area contributed by atoms with Crippen molar-refractivity contribution in [3.8, 4) is 0 Å². The highest BCUT2D eigenvalue weighted by Gasteiger charge is 2.34. The van der Waals surface area contributed by atoms with Crippen LogP contribution in [0.4, 0.5) is 0 Å². The predicted molar refractivity (Wildman–Crippen MR) is 74.4 cm³/mol. The number of carbonyl (C=O) groups is 1. The van der Waals surface area contributed by atoms with E-state index in [2.05, 4.69) is 17.6 Å². The molecule has 2 N–H and O–H groups in total. The fourth-order valence-corrected chi connectivity index (χ4v) is 3.31. The summed E-state index contributed by atoms with van der Waals surface area (Å²) in [6, 6.07) is 0. The Kier molecular flexibility index (Phi) is 5.04. The molecular formula is C15H28N2O. The summed E-state index contributed by atoms with van der Waals surface area (Å²) >= 11 is 0. The van der Waals surface area contributed by atoms with E-state index in [9.17, 15) is 4.79 Å². The molecule has 2 rings (SSSR count). The lowest BCUT2D eigenvalue weighted by Crippen LogP contribution is -2.46. The first-order valence-electron chi connectivity index (χ1n) is 7.70. The zero-order valence-electron chi connectivity index (χ0n) is 11.8. The fraction of sp³-hybridized carbons (Fsp3) is 0.933. The largest absolute Gasteiger partial charge is 0.356 e. The van der Waals surface area contributed by atoms with E-state index in [-0.39, 0.29) is 11.3 Å². The summed E-state index contributed by atoms with van der Waals surface area (Å²) in [6.45, 7) is 4.94. The Labute approximate surface area is 111 Å². The molecule has 1 aliphatic carbocycles. The van der Waals surface area contributed by atoms with Crippen molar-refractivity contribution in [2.45, 2.75) is 58.3 Å². The Hall–Kier alpha value is -0.570. The molecule has 1 amide bonds. The summed E-state index contributed by atoms with van der Waals surface area (Å²) < 4.78 is 0. The summed E-state index contributed by atoms with van der Waals surface area (Å²) in [5, 5.41) is 6.47. The van der Waals surface area contributed by atoms with E-state index in [0.717, 1.165) is 44.8 Å². The van der Waals surface area contributed by atoms with Crippen LogP contribution in [0.5, 0.6) is 0 Å². The molecule has 2 aliphatic rings. The number of rotatable bonds is 5. The van der Waals surface area contributed by atoms with E-state index in [1.807, 2.05) is 0 Å². The minimum atomic E-state index is -0.126. The monoisotopic (exact) mass is 252 g/mol. The smallest absolute Gasteiger partial charge is 0.226 e. The number of amides is 1. The maximum absolute atomic E-state index is 12.2. The molecule has 2 fully saturated rings. The molecule has 0 spiro atoms. The number of carbonyl (C=O) groups excluding carboxylic acids is 1. The van der Waals surface area contributed by atoms with E-state index in [1.54, 1.807) is 0 Å². The molecule has 104 valence electrons. The Morgan fingerprint density at radius 1 is 1.28 bits per heavy atom. The summed E-state index contributed by atoms with van der Waals surface area (Å²) in [6.07, 6.45) is 10.1. The van der Waals surface area contributed by atoms with Crippen LogP contribution in [-0.4, -0.2) is 25.5 Å². The van der Waals surface area contributed by atoms with Gasteiger partial charge in [0.2, 0.25) is 5.91 Å². The minimum absolute atomic E-state index is 0.126. The first kappa shape index (κ1) is 13.9. The van der Waals surface area contributed by atoms with Gasteiger partial charge in [0.15, 0.2) is 0 Å².